The summed E-state index contributed by atoms with van der Waals surface area (Å²) in [4.78, 5) is 38.2. The van der Waals surface area contributed by atoms with E-state index in [9.17, 15) is 36.5 Å². The molecule has 1 atom stereocenters. The molecule has 3 N–H and O–H groups in total. The van der Waals surface area contributed by atoms with Crippen molar-refractivity contribution in [3.8, 4) is 11.3 Å². The summed E-state index contributed by atoms with van der Waals surface area (Å²) in [6.07, 6.45) is -0.341. The minimum atomic E-state index is -5.08. The van der Waals surface area contributed by atoms with Gasteiger partial charge in [0.25, 0.3) is 5.69 Å². The number of nitro groups is 1. The second kappa shape index (κ2) is 14.7. The molecule has 0 unspecified atom stereocenters. The Hall–Kier alpha value is -4.63. The fourth-order valence-electron chi connectivity index (χ4n) is 4.19. The summed E-state index contributed by atoms with van der Waals surface area (Å²) >= 11 is 0. The van der Waals surface area contributed by atoms with Crippen molar-refractivity contribution in [1.29, 1.82) is 0 Å². The average molecular weight is 635 g/mol. The smallest absolute Gasteiger partial charge is 0.475 e. The first-order chi connectivity index (χ1) is 20.7. The zero-order valence-electron chi connectivity index (χ0n) is 23.4. The van der Waals surface area contributed by atoms with Crippen molar-refractivity contribution in [2.75, 3.05) is 0 Å². The third-order valence-electron chi connectivity index (χ3n) is 6.39. The van der Waals surface area contributed by atoms with E-state index in [2.05, 4.69) is 14.7 Å². The Morgan fingerprint density at radius 1 is 1.02 bits per heavy atom. The van der Waals surface area contributed by atoms with E-state index in [0.29, 0.717) is 25.1 Å². The molecule has 11 nitrogen and oxygen atoms in total. The number of nitrogens with zero attached hydrogens (tertiary/aromatic N) is 2. The number of imidazole rings is 1. The lowest BCUT2D eigenvalue weighted by Gasteiger charge is -2.17. The Labute approximate surface area is 250 Å². The number of fused-ring (bicyclic) bond motifs is 1. The molecule has 4 rings (SSSR count). The molecule has 234 valence electrons. The Bertz CT molecular complexity index is 1740. The van der Waals surface area contributed by atoms with Crippen LogP contribution in [0, 0.1) is 10.1 Å². The summed E-state index contributed by atoms with van der Waals surface area (Å²) in [7, 11) is -4.07. The first-order valence-electron chi connectivity index (χ1n) is 13.3. The van der Waals surface area contributed by atoms with Crippen LogP contribution in [0.25, 0.3) is 22.0 Å². The number of nitrogens with one attached hydrogen (secondary N) is 2. The molecule has 0 fully saturated rings. The van der Waals surface area contributed by atoms with E-state index in [1.54, 1.807) is 13.1 Å². The molecule has 0 amide bonds. The van der Waals surface area contributed by atoms with Crippen LogP contribution < -0.4 is 4.72 Å². The molecule has 0 saturated heterocycles. The number of aromatic nitrogens is 2. The van der Waals surface area contributed by atoms with Gasteiger partial charge in [-0.05, 0) is 42.7 Å². The summed E-state index contributed by atoms with van der Waals surface area (Å²) in [5.74, 6) is -2.19. The highest BCUT2D eigenvalue weighted by atomic mass is 32.2. The largest absolute Gasteiger partial charge is 0.490 e. The molecule has 0 aliphatic rings. The molecule has 4 aromatic rings. The van der Waals surface area contributed by atoms with Gasteiger partial charge in [-0.15, -0.1) is 0 Å². The maximum atomic E-state index is 13.2. The predicted octanol–water partition coefficient (Wildman–Crippen LogP) is 6.33. The number of rotatable bonds is 12. The second-order valence-corrected chi connectivity index (χ2v) is 11.5. The van der Waals surface area contributed by atoms with Crippen LogP contribution in [-0.2, 0) is 19.6 Å². The Balaban J connectivity index is 0.000000676. The lowest BCUT2D eigenvalue weighted by molar-refractivity contribution is -0.385. The number of halogens is 3. The molecule has 0 aliphatic carbocycles. The molecule has 1 aromatic heterocycles. The minimum absolute atomic E-state index is 0.119. The number of sulfonamides is 1. The molecule has 0 aliphatic heterocycles. The molecule has 0 radical (unpaired) electrons. The number of benzene rings is 3. The summed E-state index contributed by atoms with van der Waals surface area (Å²) < 4.78 is 60.8. The van der Waals surface area contributed by atoms with Gasteiger partial charge in [-0.1, -0.05) is 55.3 Å². The Morgan fingerprint density at radius 3 is 2.34 bits per heavy atom. The number of carbonyl (C=O) groups excluding carboxylic acids is 1. The normalized spacial score (nSPS) is 12.3. The minimum Gasteiger partial charge on any atom is -0.475 e. The van der Waals surface area contributed by atoms with Crippen LogP contribution >= 0.6 is 0 Å². The van der Waals surface area contributed by atoms with Gasteiger partial charge >= 0.3 is 12.1 Å². The van der Waals surface area contributed by atoms with E-state index in [1.165, 1.54) is 18.2 Å². The topological polar surface area (TPSA) is 172 Å². The molecule has 0 bridgehead atoms. The molecule has 0 spiro atoms. The molecule has 1 heterocycles. The van der Waals surface area contributed by atoms with E-state index < -0.39 is 33.1 Å². The number of Topliss-reactive ketones (excluding diaryl/α,β-unsaturated/α-hetero) is 1. The zero-order chi connectivity index (χ0) is 32.5. The first kappa shape index (κ1) is 33.9. The van der Waals surface area contributed by atoms with Gasteiger partial charge in [0.15, 0.2) is 0 Å². The van der Waals surface area contributed by atoms with Crippen molar-refractivity contribution in [2.45, 2.75) is 56.1 Å². The van der Waals surface area contributed by atoms with Crippen LogP contribution in [-0.4, -0.2) is 46.3 Å². The third kappa shape index (κ3) is 9.70. The van der Waals surface area contributed by atoms with E-state index in [-0.39, 0.29) is 16.4 Å². The van der Waals surface area contributed by atoms with E-state index in [4.69, 9.17) is 9.90 Å². The van der Waals surface area contributed by atoms with Crippen molar-refractivity contribution in [2.24, 2.45) is 0 Å². The number of aromatic amines is 1. The maximum Gasteiger partial charge on any atom is 0.490 e. The van der Waals surface area contributed by atoms with Gasteiger partial charge in [-0.25, -0.2) is 22.9 Å². The maximum absolute atomic E-state index is 13.2. The number of ketones is 1. The molecule has 3 aromatic carbocycles. The summed E-state index contributed by atoms with van der Waals surface area (Å²) in [5, 5.41) is 20.5. The van der Waals surface area contributed by atoms with Gasteiger partial charge in [0, 0.05) is 24.1 Å². The number of carboxylic acids is 1. The van der Waals surface area contributed by atoms with Gasteiger partial charge in [0.1, 0.15) is 11.6 Å². The average Bonchev–Trinajstić information content (AvgIpc) is 3.46. The Morgan fingerprint density at radius 2 is 1.70 bits per heavy atom. The van der Waals surface area contributed by atoms with Gasteiger partial charge in [0.05, 0.1) is 27.8 Å². The fourth-order valence-corrected chi connectivity index (χ4v) is 5.46. The van der Waals surface area contributed by atoms with Crippen LogP contribution in [0.15, 0.2) is 77.8 Å². The van der Waals surface area contributed by atoms with Crippen LogP contribution in [0.3, 0.4) is 0 Å². The lowest BCUT2D eigenvalue weighted by atomic mass is 10.1. The summed E-state index contributed by atoms with van der Waals surface area (Å²) in [6.45, 7) is 1.55. The van der Waals surface area contributed by atoms with Crippen molar-refractivity contribution in [1.82, 2.24) is 14.7 Å². The predicted molar refractivity (Wildman–Crippen MR) is 155 cm³/mol. The van der Waals surface area contributed by atoms with Crippen molar-refractivity contribution < 1.29 is 41.2 Å². The number of aliphatic carboxylic acids is 1. The first-order valence-corrected chi connectivity index (χ1v) is 14.8. The quantitative estimate of drug-likeness (QED) is 0.0921. The van der Waals surface area contributed by atoms with Gasteiger partial charge < -0.3 is 14.9 Å². The molecule has 44 heavy (non-hydrogen) atoms. The molecule has 15 heteroatoms. The van der Waals surface area contributed by atoms with Crippen molar-refractivity contribution in [3.63, 3.8) is 0 Å². The van der Waals surface area contributed by atoms with Crippen LogP contribution in [0.5, 0.6) is 0 Å². The van der Waals surface area contributed by atoms with E-state index in [1.807, 2.05) is 42.5 Å². The molecular weight excluding hydrogens is 605 g/mol. The highest BCUT2D eigenvalue weighted by Gasteiger charge is 2.38. The molecule has 0 saturated carbocycles. The van der Waals surface area contributed by atoms with Gasteiger partial charge in [-0.2, -0.15) is 13.2 Å². The number of carbonyl (C=O) groups is 2. The molecular formula is C29H29F3N4O7S. The lowest BCUT2D eigenvalue weighted by Crippen LogP contribution is -2.29. The third-order valence-corrected chi connectivity index (χ3v) is 7.86. The highest BCUT2D eigenvalue weighted by Crippen LogP contribution is 2.27. The number of hydrogen-bond acceptors (Lipinski definition) is 7. The number of carboxylic acid groups (broad SMARTS) is 1. The summed E-state index contributed by atoms with van der Waals surface area (Å²) in [5.41, 5.74) is 1.36. The van der Waals surface area contributed by atoms with Crippen molar-refractivity contribution >= 4 is 38.2 Å². The van der Waals surface area contributed by atoms with Crippen LogP contribution in [0.4, 0.5) is 18.9 Å². The zero-order valence-corrected chi connectivity index (χ0v) is 24.2. The highest BCUT2D eigenvalue weighted by molar-refractivity contribution is 7.89. The number of unbranched alkanes of at least 4 members (excludes halogenated alkanes) is 2. The number of H-pyrrole nitrogens is 1. The Kier molecular flexibility index (Phi) is 11.3. The monoisotopic (exact) mass is 634 g/mol. The van der Waals surface area contributed by atoms with E-state index in [0.717, 1.165) is 40.9 Å². The number of non-ortho nitro benzene ring substituents is 1. The summed E-state index contributed by atoms with van der Waals surface area (Å²) in [6, 6.07) is 18.3. The fraction of sp³-hybridized carbons (Fsp3) is 0.276. The van der Waals surface area contributed by atoms with Gasteiger partial charge in [-0.3, -0.25) is 10.1 Å². The van der Waals surface area contributed by atoms with Crippen LogP contribution in [0.1, 0.15) is 50.9 Å². The SMILES string of the molecule is CC(=O)CCCCC[C@H](NS(=O)(=O)c1cccc([N+](=O)[O-])c1)c1ncc(-c2ccc3ccccc3c2)[nH]1.O=C(O)C(F)(F)F. The van der Waals surface area contributed by atoms with Crippen molar-refractivity contribution in [3.05, 3.63) is 88.9 Å². The van der Waals surface area contributed by atoms with Crippen LogP contribution in [0.2, 0.25) is 0 Å². The number of hydrogen-bond donors (Lipinski definition) is 3. The standard InChI is InChI=1S/C27H28N4O5S.C2HF3O2/c1-19(32)8-3-2-4-13-25(30-37(35,36)24-12-7-11-23(17-24)31(33)34)27-28-18-26(29-27)22-15-14-20-9-5-6-10-21(20)16-22;3-2(4,5)1(6)7/h5-7,9-12,14-18,25,30H,2-4,8,13H2,1H3,(H,28,29);(H,6,7)/t25-;/m0./s1. The van der Waals surface area contributed by atoms with E-state index >= 15 is 0 Å². The van der Waals surface area contributed by atoms with Gasteiger partial charge in [0.2, 0.25) is 10.0 Å². The number of nitro benzene ring substituents is 1. The number of alkyl halides is 3. The second-order valence-electron chi connectivity index (χ2n) is 9.78.